The third-order valence-corrected chi connectivity index (χ3v) is 3.01. The maximum atomic E-state index is 11.4. The summed E-state index contributed by atoms with van der Waals surface area (Å²) in [6.07, 6.45) is 7.11. The second-order valence-electron chi connectivity index (χ2n) is 4.16. The summed E-state index contributed by atoms with van der Waals surface area (Å²) >= 11 is 0. The molecule has 12 heavy (non-hydrogen) atoms. The predicted octanol–water partition coefficient (Wildman–Crippen LogP) is 3.18. The van der Waals surface area contributed by atoms with Crippen LogP contribution in [0.4, 0.5) is 0 Å². The number of ketones is 1. The number of hydrogen-bond acceptors (Lipinski definition) is 1. The topological polar surface area (TPSA) is 17.1 Å². The molecular formula is C11H20O. The van der Waals surface area contributed by atoms with Crippen molar-refractivity contribution in [1.82, 2.24) is 0 Å². The Balaban J connectivity index is 2.25. The van der Waals surface area contributed by atoms with Gasteiger partial charge in [0.2, 0.25) is 0 Å². The smallest absolute Gasteiger partial charge is 0.135 e. The van der Waals surface area contributed by atoms with Gasteiger partial charge in [0.05, 0.1) is 0 Å². The number of carbonyl (C=O) groups excluding carboxylic acids is 1. The average molecular weight is 168 g/mol. The Morgan fingerprint density at radius 2 is 2.17 bits per heavy atom. The van der Waals surface area contributed by atoms with E-state index >= 15 is 0 Å². The van der Waals surface area contributed by atoms with Crippen LogP contribution in [0.1, 0.15) is 52.4 Å². The lowest BCUT2D eigenvalue weighted by atomic mass is 9.80. The minimum Gasteiger partial charge on any atom is -0.299 e. The second-order valence-corrected chi connectivity index (χ2v) is 4.16. The first-order valence-corrected chi connectivity index (χ1v) is 5.26. The highest BCUT2D eigenvalue weighted by Crippen LogP contribution is 2.28. The summed E-state index contributed by atoms with van der Waals surface area (Å²) in [4.78, 5) is 11.4. The highest BCUT2D eigenvalue weighted by atomic mass is 16.1. The largest absolute Gasteiger partial charge is 0.299 e. The van der Waals surface area contributed by atoms with Gasteiger partial charge in [-0.1, -0.05) is 33.1 Å². The van der Waals surface area contributed by atoms with Crippen LogP contribution < -0.4 is 0 Å². The van der Waals surface area contributed by atoms with Crippen LogP contribution in [0.5, 0.6) is 0 Å². The number of hydrogen-bond donors (Lipinski definition) is 0. The van der Waals surface area contributed by atoms with Crippen molar-refractivity contribution in [2.24, 2.45) is 11.8 Å². The molecule has 0 aromatic heterocycles. The molecule has 0 saturated heterocycles. The van der Waals surface area contributed by atoms with Crippen LogP contribution in [0.25, 0.3) is 0 Å². The minimum absolute atomic E-state index is 0.350. The molecule has 1 heteroatoms. The molecule has 0 N–H and O–H groups in total. The fourth-order valence-corrected chi connectivity index (χ4v) is 1.97. The molecule has 1 saturated carbocycles. The van der Waals surface area contributed by atoms with Crippen molar-refractivity contribution in [3.8, 4) is 0 Å². The minimum atomic E-state index is 0.350. The monoisotopic (exact) mass is 168 g/mol. The first-order chi connectivity index (χ1) is 5.74. The molecule has 0 spiro atoms. The van der Waals surface area contributed by atoms with Crippen LogP contribution >= 0.6 is 0 Å². The summed E-state index contributed by atoms with van der Waals surface area (Å²) in [6, 6.07) is 0. The van der Waals surface area contributed by atoms with Gasteiger partial charge in [0, 0.05) is 12.3 Å². The molecule has 1 aliphatic carbocycles. The molecule has 0 aromatic carbocycles. The Kier molecular flexibility index (Phi) is 3.77. The average Bonchev–Trinajstić information content (AvgIpc) is 2.07. The number of rotatable bonds is 3. The van der Waals surface area contributed by atoms with Crippen LogP contribution in [-0.2, 0) is 4.79 Å². The highest BCUT2D eigenvalue weighted by molar-refractivity contribution is 5.81. The molecule has 0 aliphatic heterocycles. The van der Waals surface area contributed by atoms with Gasteiger partial charge in [-0.3, -0.25) is 4.79 Å². The van der Waals surface area contributed by atoms with E-state index < -0.39 is 0 Å². The zero-order chi connectivity index (χ0) is 8.97. The molecule has 70 valence electrons. The first-order valence-electron chi connectivity index (χ1n) is 5.26. The van der Waals surface area contributed by atoms with Crippen LogP contribution in [0.15, 0.2) is 0 Å². The van der Waals surface area contributed by atoms with Crippen molar-refractivity contribution in [2.45, 2.75) is 52.4 Å². The van der Waals surface area contributed by atoms with Crippen molar-refractivity contribution >= 4 is 5.78 Å². The Morgan fingerprint density at radius 3 is 2.75 bits per heavy atom. The van der Waals surface area contributed by atoms with Crippen molar-refractivity contribution in [3.63, 3.8) is 0 Å². The Labute approximate surface area is 75.5 Å². The molecule has 0 bridgehead atoms. The van der Waals surface area contributed by atoms with Gasteiger partial charge in [-0.15, -0.1) is 0 Å². The fraction of sp³-hybridized carbons (Fsp3) is 0.909. The SMILES string of the molecule is CCCC[C@H]1CC[C@@H](C)C(=O)C1. The molecule has 0 aromatic rings. The summed E-state index contributed by atoms with van der Waals surface area (Å²) in [6.45, 7) is 4.28. The van der Waals surface area contributed by atoms with Crippen LogP contribution in [0.2, 0.25) is 0 Å². The molecule has 0 unspecified atom stereocenters. The molecule has 0 amide bonds. The van der Waals surface area contributed by atoms with Crippen molar-refractivity contribution in [2.75, 3.05) is 0 Å². The standard InChI is InChI=1S/C11H20O/c1-3-4-5-10-7-6-9(2)11(12)8-10/h9-10H,3-8H2,1-2H3/t9-,10+/m1/s1. The highest BCUT2D eigenvalue weighted by Gasteiger charge is 2.24. The molecule has 0 radical (unpaired) electrons. The summed E-state index contributed by atoms with van der Waals surface area (Å²) in [7, 11) is 0. The van der Waals surface area contributed by atoms with Gasteiger partial charge in [-0.05, 0) is 18.8 Å². The first kappa shape index (κ1) is 9.76. The summed E-state index contributed by atoms with van der Waals surface area (Å²) in [5, 5.41) is 0. The third-order valence-electron chi connectivity index (χ3n) is 3.01. The number of carbonyl (C=O) groups is 1. The molecule has 1 rings (SSSR count). The summed E-state index contributed by atoms with van der Waals surface area (Å²) in [5.74, 6) is 1.57. The Hall–Kier alpha value is -0.330. The van der Waals surface area contributed by atoms with Crippen LogP contribution in [-0.4, -0.2) is 5.78 Å². The summed E-state index contributed by atoms with van der Waals surface area (Å²) < 4.78 is 0. The fourth-order valence-electron chi connectivity index (χ4n) is 1.97. The van der Waals surface area contributed by atoms with Gasteiger partial charge in [0.25, 0.3) is 0 Å². The maximum Gasteiger partial charge on any atom is 0.135 e. The van der Waals surface area contributed by atoms with Gasteiger partial charge < -0.3 is 0 Å². The molecule has 1 nitrogen and oxygen atoms in total. The lowest BCUT2D eigenvalue weighted by molar-refractivity contribution is -0.125. The molecular weight excluding hydrogens is 148 g/mol. The quantitative estimate of drug-likeness (QED) is 0.632. The van der Waals surface area contributed by atoms with Gasteiger partial charge >= 0.3 is 0 Å². The van der Waals surface area contributed by atoms with Crippen molar-refractivity contribution in [1.29, 1.82) is 0 Å². The van der Waals surface area contributed by atoms with E-state index in [9.17, 15) is 4.79 Å². The zero-order valence-corrected chi connectivity index (χ0v) is 8.31. The van der Waals surface area contributed by atoms with E-state index in [2.05, 4.69) is 13.8 Å². The van der Waals surface area contributed by atoms with Gasteiger partial charge in [-0.25, -0.2) is 0 Å². The number of Topliss-reactive ketones (excluding diaryl/α,β-unsaturated/α-hetero) is 1. The summed E-state index contributed by atoms with van der Waals surface area (Å²) in [5.41, 5.74) is 0. The van der Waals surface area contributed by atoms with Crippen LogP contribution in [0.3, 0.4) is 0 Å². The Morgan fingerprint density at radius 1 is 1.42 bits per heavy atom. The lowest BCUT2D eigenvalue weighted by Gasteiger charge is -2.24. The zero-order valence-electron chi connectivity index (χ0n) is 8.31. The maximum absolute atomic E-state index is 11.4. The normalized spacial score (nSPS) is 30.7. The van der Waals surface area contributed by atoms with E-state index in [1.807, 2.05) is 0 Å². The van der Waals surface area contributed by atoms with E-state index in [1.54, 1.807) is 0 Å². The van der Waals surface area contributed by atoms with Crippen molar-refractivity contribution < 1.29 is 4.79 Å². The van der Waals surface area contributed by atoms with Crippen molar-refractivity contribution in [3.05, 3.63) is 0 Å². The second kappa shape index (κ2) is 4.64. The van der Waals surface area contributed by atoms with E-state index in [4.69, 9.17) is 0 Å². The van der Waals surface area contributed by atoms with E-state index in [0.717, 1.165) is 12.8 Å². The molecule has 1 fully saturated rings. The predicted molar refractivity (Wildman–Crippen MR) is 51.0 cm³/mol. The van der Waals surface area contributed by atoms with E-state index in [1.165, 1.54) is 25.7 Å². The van der Waals surface area contributed by atoms with E-state index in [0.29, 0.717) is 17.6 Å². The van der Waals surface area contributed by atoms with Gasteiger partial charge in [0.1, 0.15) is 5.78 Å². The molecule has 0 heterocycles. The lowest BCUT2D eigenvalue weighted by Crippen LogP contribution is -2.22. The molecule has 2 atom stereocenters. The van der Waals surface area contributed by atoms with Gasteiger partial charge in [0.15, 0.2) is 0 Å². The van der Waals surface area contributed by atoms with Gasteiger partial charge in [-0.2, -0.15) is 0 Å². The third kappa shape index (κ3) is 2.62. The number of unbranched alkanes of at least 4 members (excludes halogenated alkanes) is 1. The Bertz CT molecular complexity index is 149. The van der Waals surface area contributed by atoms with Crippen LogP contribution in [0, 0.1) is 11.8 Å². The molecule has 1 aliphatic rings. The van der Waals surface area contributed by atoms with E-state index in [-0.39, 0.29) is 0 Å².